The van der Waals surface area contributed by atoms with Crippen molar-refractivity contribution >= 4 is 17.3 Å². The molecule has 2 aromatic rings. The average molecular weight is 400 g/mol. The summed E-state index contributed by atoms with van der Waals surface area (Å²) in [6, 6.07) is 0. The number of aromatic nitrogens is 3. The van der Waals surface area contributed by atoms with Crippen LogP contribution >= 0.6 is 11.3 Å². The molecule has 146 valence electrons. The van der Waals surface area contributed by atoms with Crippen LogP contribution in [0.3, 0.4) is 0 Å². The number of hydrogen-bond donors (Lipinski definition) is 1. The molecular weight excluding hydrogens is 381 g/mol. The summed E-state index contributed by atoms with van der Waals surface area (Å²) in [5, 5.41) is 10.4. The number of alkyl halides is 3. The third-order valence-corrected chi connectivity index (χ3v) is 5.22. The predicted molar refractivity (Wildman–Crippen MR) is 92.5 cm³/mol. The molecule has 6 nitrogen and oxygen atoms in total. The van der Waals surface area contributed by atoms with E-state index in [-0.39, 0.29) is 0 Å². The highest BCUT2D eigenvalue weighted by Crippen LogP contribution is 2.41. The van der Waals surface area contributed by atoms with Crippen LogP contribution in [0, 0.1) is 0 Å². The van der Waals surface area contributed by atoms with Gasteiger partial charge in [-0.05, 0) is 24.8 Å². The topological polar surface area (TPSA) is 79.2 Å². The lowest BCUT2D eigenvalue weighted by molar-refractivity contribution is -0.192. The Morgan fingerprint density at radius 2 is 1.93 bits per heavy atom. The molecule has 0 aromatic carbocycles. The number of rotatable bonds is 3. The molecule has 2 aliphatic rings. The maximum Gasteiger partial charge on any atom is 0.490 e. The number of carbonyl (C=O) groups is 1. The molecule has 0 saturated heterocycles. The van der Waals surface area contributed by atoms with E-state index >= 15 is 0 Å². The van der Waals surface area contributed by atoms with Crippen molar-refractivity contribution in [3.63, 3.8) is 0 Å². The number of halogens is 3. The van der Waals surface area contributed by atoms with Gasteiger partial charge in [0.2, 0.25) is 0 Å². The third kappa shape index (κ3) is 5.46. The van der Waals surface area contributed by atoms with Crippen molar-refractivity contribution < 1.29 is 23.1 Å². The second-order valence-electron chi connectivity index (χ2n) is 6.46. The Balaban J connectivity index is 0.000000260. The van der Waals surface area contributed by atoms with E-state index in [2.05, 4.69) is 25.2 Å². The van der Waals surface area contributed by atoms with Gasteiger partial charge in [-0.25, -0.2) is 19.7 Å². The van der Waals surface area contributed by atoms with Crippen LogP contribution in [0.1, 0.15) is 40.7 Å². The van der Waals surface area contributed by atoms with E-state index in [9.17, 15) is 13.2 Å². The van der Waals surface area contributed by atoms with E-state index in [1.54, 1.807) is 17.7 Å². The van der Waals surface area contributed by atoms with Crippen LogP contribution in [0.2, 0.25) is 0 Å². The van der Waals surface area contributed by atoms with Crippen LogP contribution in [0.15, 0.2) is 17.9 Å². The number of thiazole rings is 1. The smallest absolute Gasteiger partial charge is 0.475 e. The van der Waals surface area contributed by atoms with Gasteiger partial charge in [-0.3, -0.25) is 4.90 Å². The number of hydrogen-bond acceptors (Lipinski definition) is 6. The molecule has 0 amide bonds. The molecule has 1 N–H and O–H groups in total. The monoisotopic (exact) mass is 400 g/mol. The lowest BCUT2D eigenvalue weighted by Crippen LogP contribution is -2.25. The predicted octanol–water partition coefficient (Wildman–Crippen LogP) is 3.04. The van der Waals surface area contributed by atoms with Gasteiger partial charge < -0.3 is 5.11 Å². The maximum atomic E-state index is 10.6. The van der Waals surface area contributed by atoms with Gasteiger partial charge in [0.1, 0.15) is 11.3 Å². The quantitative estimate of drug-likeness (QED) is 0.853. The van der Waals surface area contributed by atoms with Gasteiger partial charge in [0.25, 0.3) is 0 Å². The molecule has 4 rings (SSSR count). The molecule has 10 heteroatoms. The maximum absolute atomic E-state index is 10.6. The van der Waals surface area contributed by atoms with Gasteiger partial charge in [-0.2, -0.15) is 13.2 Å². The molecule has 1 aliphatic heterocycles. The first-order valence-corrected chi connectivity index (χ1v) is 9.46. The van der Waals surface area contributed by atoms with Crippen molar-refractivity contribution in [3.8, 4) is 0 Å². The first-order chi connectivity index (χ1) is 12.8. The number of aliphatic carboxylic acids is 1. The van der Waals surface area contributed by atoms with E-state index < -0.39 is 12.1 Å². The molecule has 1 aliphatic carbocycles. The van der Waals surface area contributed by atoms with Gasteiger partial charge >= 0.3 is 12.1 Å². The van der Waals surface area contributed by atoms with Gasteiger partial charge in [0, 0.05) is 42.7 Å². The van der Waals surface area contributed by atoms with Crippen molar-refractivity contribution in [1.29, 1.82) is 0 Å². The van der Waals surface area contributed by atoms with Crippen LogP contribution < -0.4 is 0 Å². The zero-order chi connectivity index (χ0) is 19.4. The first kappa shape index (κ1) is 19.7. The van der Waals surface area contributed by atoms with Crippen molar-refractivity contribution in [2.45, 2.75) is 44.3 Å². The van der Waals surface area contributed by atoms with E-state index in [0.29, 0.717) is 0 Å². The number of carboxylic acid groups (broad SMARTS) is 1. The zero-order valence-corrected chi connectivity index (χ0v) is 15.3. The highest BCUT2D eigenvalue weighted by molar-refractivity contribution is 7.09. The Bertz CT molecular complexity index is 779. The lowest BCUT2D eigenvalue weighted by atomic mass is 10.0. The van der Waals surface area contributed by atoms with Crippen LogP contribution in [0.5, 0.6) is 0 Å². The van der Waals surface area contributed by atoms with Crippen LogP contribution in [0.25, 0.3) is 0 Å². The Morgan fingerprint density at radius 3 is 2.52 bits per heavy atom. The molecule has 1 saturated carbocycles. The normalized spacial score (nSPS) is 17.4. The third-order valence-electron chi connectivity index (χ3n) is 4.46. The summed E-state index contributed by atoms with van der Waals surface area (Å²) in [5.74, 6) is -2.04. The summed E-state index contributed by atoms with van der Waals surface area (Å²) in [7, 11) is 0. The van der Waals surface area contributed by atoms with Gasteiger partial charge in [-0.15, -0.1) is 11.3 Å². The Morgan fingerprint density at radius 1 is 1.22 bits per heavy atom. The highest BCUT2D eigenvalue weighted by Gasteiger charge is 2.38. The molecule has 0 atom stereocenters. The van der Waals surface area contributed by atoms with E-state index in [4.69, 9.17) is 9.90 Å². The molecule has 0 radical (unpaired) electrons. The molecular formula is C17H19F3N4O2S. The Kier molecular flexibility index (Phi) is 6.05. The minimum absolute atomic E-state index is 0.720. The molecule has 2 aromatic heterocycles. The largest absolute Gasteiger partial charge is 0.490 e. The van der Waals surface area contributed by atoms with Crippen LogP contribution in [-0.4, -0.2) is 50.2 Å². The van der Waals surface area contributed by atoms with Crippen LogP contribution in [0.4, 0.5) is 13.2 Å². The first-order valence-electron chi connectivity index (χ1n) is 8.58. The lowest BCUT2D eigenvalue weighted by Gasteiger charge is -2.17. The minimum atomic E-state index is -5.08. The molecule has 27 heavy (non-hydrogen) atoms. The average Bonchev–Trinajstić information content (AvgIpc) is 3.37. The SMILES string of the molecule is O=C(O)C(F)(F)F.c1csc(CN2CCc3ncnc(C4CC4)c3CC2)n1. The Hall–Kier alpha value is -2.07. The van der Waals surface area contributed by atoms with Crippen molar-refractivity contribution in [3.05, 3.63) is 39.9 Å². The minimum Gasteiger partial charge on any atom is -0.475 e. The van der Waals surface area contributed by atoms with Crippen LogP contribution in [-0.2, 0) is 24.2 Å². The standard InChI is InChI=1S/C15H18N4S.C2HF3O2/c1-2-11(1)15-12-3-6-19(9-14-16-5-8-20-14)7-4-13(12)17-10-18-15;3-2(4,5)1(6)7/h5,8,10-11H,1-4,6-7,9H2;(H,6,7). The number of nitrogens with zero attached hydrogens (tertiary/aromatic N) is 4. The van der Waals surface area contributed by atoms with Gasteiger partial charge in [0.15, 0.2) is 0 Å². The van der Waals surface area contributed by atoms with Gasteiger partial charge in [-0.1, -0.05) is 0 Å². The summed E-state index contributed by atoms with van der Waals surface area (Å²) >= 11 is 1.74. The number of carboxylic acids is 1. The van der Waals surface area contributed by atoms with E-state index in [1.165, 1.54) is 34.8 Å². The summed E-state index contributed by atoms with van der Waals surface area (Å²) < 4.78 is 31.7. The van der Waals surface area contributed by atoms with Crippen molar-refractivity contribution in [2.75, 3.05) is 13.1 Å². The summed E-state index contributed by atoms with van der Waals surface area (Å²) in [4.78, 5) is 24.9. The highest BCUT2D eigenvalue weighted by atomic mass is 32.1. The van der Waals surface area contributed by atoms with E-state index in [1.807, 2.05) is 6.20 Å². The molecule has 3 heterocycles. The zero-order valence-electron chi connectivity index (χ0n) is 14.4. The molecule has 0 unspecified atom stereocenters. The summed E-state index contributed by atoms with van der Waals surface area (Å²) in [6.07, 6.45) is 3.33. The molecule has 0 spiro atoms. The van der Waals surface area contributed by atoms with E-state index in [0.717, 1.165) is 38.4 Å². The second kappa shape index (κ2) is 8.30. The Labute approximate surface area is 158 Å². The number of fused-ring (bicyclic) bond motifs is 1. The van der Waals surface area contributed by atoms with Gasteiger partial charge in [0.05, 0.1) is 12.2 Å². The summed E-state index contributed by atoms with van der Waals surface area (Å²) in [5.41, 5.74) is 4.06. The summed E-state index contributed by atoms with van der Waals surface area (Å²) in [6.45, 7) is 3.14. The fourth-order valence-electron chi connectivity index (χ4n) is 2.99. The molecule has 0 bridgehead atoms. The second-order valence-corrected chi connectivity index (χ2v) is 7.44. The molecule has 1 fully saturated rings. The van der Waals surface area contributed by atoms with Crippen molar-refractivity contribution in [2.24, 2.45) is 0 Å². The fourth-order valence-corrected chi connectivity index (χ4v) is 3.64. The fraction of sp³-hybridized carbons (Fsp3) is 0.529. The van der Waals surface area contributed by atoms with Crippen molar-refractivity contribution in [1.82, 2.24) is 19.9 Å².